The molecular formula is C9H13N3O2. The van der Waals surface area contributed by atoms with Crippen molar-refractivity contribution in [1.82, 2.24) is 10.1 Å². The Labute approximate surface area is 81.7 Å². The van der Waals surface area contributed by atoms with Gasteiger partial charge in [0, 0.05) is 5.92 Å². The molecule has 14 heavy (non-hydrogen) atoms. The number of rotatable bonds is 4. The maximum absolute atomic E-state index is 11.5. The standard InChI is InChI=1S/C9H13N3O2/c1-2-6(10)7(13)8-11-9(14-12-8)5-3-4-5/h5-6H,2-4,10H2,1H3. The normalized spacial score (nSPS) is 18.1. The molecule has 1 aromatic rings. The molecule has 1 atom stereocenters. The molecule has 0 aromatic carbocycles. The summed E-state index contributed by atoms with van der Waals surface area (Å²) in [7, 11) is 0. The summed E-state index contributed by atoms with van der Waals surface area (Å²) < 4.78 is 4.97. The lowest BCUT2D eigenvalue weighted by molar-refractivity contribution is 0.0946. The number of ketones is 1. The van der Waals surface area contributed by atoms with Crippen LogP contribution < -0.4 is 5.73 Å². The Morgan fingerprint density at radius 1 is 1.71 bits per heavy atom. The SMILES string of the molecule is CCC(N)C(=O)c1noc(C2CC2)n1. The highest BCUT2D eigenvalue weighted by molar-refractivity contribution is 5.96. The first-order valence-electron chi connectivity index (χ1n) is 4.85. The molecule has 1 aliphatic rings. The average Bonchev–Trinajstić information content (AvgIpc) is 2.94. The molecule has 1 unspecified atom stereocenters. The van der Waals surface area contributed by atoms with Gasteiger partial charge in [0.15, 0.2) is 0 Å². The van der Waals surface area contributed by atoms with Gasteiger partial charge in [0.1, 0.15) is 0 Å². The van der Waals surface area contributed by atoms with Gasteiger partial charge in [-0.15, -0.1) is 0 Å². The van der Waals surface area contributed by atoms with Crippen LogP contribution in [0.5, 0.6) is 0 Å². The van der Waals surface area contributed by atoms with Gasteiger partial charge in [0.05, 0.1) is 6.04 Å². The van der Waals surface area contributed by atoms with Gasteiger partial charge in [0.25, 0.3) is 0 Å². The van der Waals surface area contributed by atoms with Gasteiger partial charge in [-0.25, -0.2) is 0 Å². The number of hydrogen-bond acceptors (Lipinski definition) is 5. The Morgan fingerprint density at radius 3 is 3.00 bits per heavy atom. The third-order valence-corrected chi connectivity index (χ3v) is 2.37. The van der Waals surface area contributed by atoms with Crippen molar-refractivity contribution in [3.63, 3.8) is 0 Å². The van der Waals surface area contributed by atoms with E-state index in [9.17, 15) is 4.79 Å². The quantitative estimate of drug-likeness (QED) is 0.721. The predicted molar refractivity (Wildman–Crippen MR) is 48.9 cm³/mol. The average molecular weight is 195 g/mol. The summed E-state index contributed by atoms with van der Waals surface area (Å²) in [5, 5.41) is 3.63. The number of carbonyl (C=O) groups is 1. The van der Waals surface area contributed by atoms with Gasteiger partial charge in [-0.3, -0.25) is 4.79 Å². The molecule has 1 heterocycles. The van der Waals surface area contributed by atoms with E-state index in [2.05, 4.69) is 10.1 Å². The number of aromatic nitrogens is 2. The maximum Gasteiger partial charge on any atom is 0.240 e. The molecule has 5 heteroatoms. The van der Waals surface area contributed by atoms with Crippen LogP contribution in [0, 0.1) is 0 Å². The Kier molecular flexibility index (Phi) is 2.33. The first kappa shape index (κ1) is 9.33. The smallest absolute Gasteiger partial charge is 0.240 e. The molecule has 76 valence electrons. The van der Waals surface area contributed by atoms with Crippen molar-refractivity contribution >= 4 is 5.78 Å². The third kappa shape index (κ3) is 1.68. The molecule has 0 aliphatic heterocycles. The topological polar surface area (TPSA) is 82.0 Å². The number of nitrogens with two attached hydrogens (primary N) is 1. The van der Waals surface area contributed by atoms with Gasteiger partial charge in [-0.1, -0.05) is 12.1 Å². The number of carbonyl (C=O) groups excluding carboxylic acids is 1. The highest BCUT2D eigenvalue weighted by Gasteiger charge is 2.31. The first-order valence-corrected chi connectivity index (χ1v) is 4.85. The van der Waals surface area contributed by atoms with Crippen LogP contribution in [-0.4, -0.2) is 22.0 Å². The minimum Gasteiger partial charge on any atom is -0.339 e. The lowest BCUT2D eigenvalue weighted by atomic mass is 10.1. The van der Waals surface area contributed by atoms with Gasteiger partial charge in [-0.2, -0.15) is 4.98 Å². The van der Waals surface area contributed by atoms with Gasteiger partial charge in [0.2, 0.25) is 17.5 Å². The summed E-state index contributed by atoms with van der Waals surface area (Å²) in [5.74, 6) is 0.850. The monoisotopic (exact) mass is 195 g/mol. The summed E-state index contributed by atoms with van der Waals surface area (Å²) in [4.78, 5) is 15.6. The zero-order chi connectivity index (χ0) is 10.1. The van der Waals surface area contributed by atoms with E-state index in [1.54, 1.807) is 0 Å². The number of hydrogen-bond donors (Lipinski definition) is 1. The second-order valence-electron chi connectivity index (χ2n) is 3.61. The lowest BCUT2D eigenvalue weighted by Crippen LogP contribution is -2.30. The van der Waals surface area contributed by atoms with Crippen molar-refractivity contribution in [1.29, 1.82) is 0 Å². The molecule has 1 aromatic heterocycles. The fourth-order valence-corrected chi connectivity index (χ4v) is 1.18. The Balaban J connectivity index is 2.11. The zero-order valence-electron chi connectivity index (χ0n) is 8.06. The van der Waals surface area contributed by atoms with E-state index in [0.717, 1.165) is 12.8 Å². The van der Waals surface area contributed by atoms with Crippen LogP contribution >= 0.6 is 0 Å². The van der Waals surface area contributed by atoms with Crippen LogP contribution in [0.15, 0.2) is 4.52 Å². The minimum atomic E-state index is -0.514. The predicted octanol–water partition coefficient (Wildman–Crippen LogP) is 0.867. The van der Waals surface area contributed by atoms with E-state index in [1.165, 1.54) is 0 Å². The number of Topliss-reactive ketones (excluding diaryl/α,β-unsaturated/α-hetero) is 1. The molecule has 1 fully saturated rings. The minimum absolute atomic E-state index is 0.126. The molecule has 0 saturated heterocycles. The van der Waals surface area contributed by atoms with Crippen molar-refractivity contribution in [2.24, 2.45) is 5.73 Å². The Hall–Kier alpha value is -1.23. The van der Waals surface area contributed by atoms with E-state index in [0.29, 0.717) is 18.2 Å². The van der Waals surface area contributed by atoms with E-state index in [1.807, 2.05) is 6.92 Å². The van der Waals surface area contributed by atoms with Crippen LogP contribution in [-0.2, 0) is 0 Å². The summed E-state index contributed by atoms with van der Waals surface area (Å²) in [6.45, 7) is 1.85. The van der Waals surface area contributed by atoms with Crippen molar-refractivity contribution < 1.29 is 9.32 Å². The second kappa shape index (κ2) is 3.49. The van der Waals surface area contributed by atoms with Crippen LogP contribution in [0.4, 0.5) is 0 Å². The van der Waals surface area contributed by atoms with Crippen LogP contribution in [0.1, 0.15) is 48.6 Å². The number of nitrogens with zero attached hydrogens (tertiary/aromatic N) is 2. The van der Waals surface area contributed by atoms with Crippen molar-refractivity contribution in [3.05, 3.63) is 11.7 Å². The highest BCUT2D eigenvalue weighted by Crippen LogP contribution is 2.38. The van der Waals surface area contributed by atoms with E-state index in [4.69, 9.17) is 10.3 Å². The largest absolute Gasteiger partial charge is 0.339 e. The second-order valence-corrected chi connectivity index (χ2v) is 3.61. The van der Waals surface area contributed by atoms with Crippen LogP contribution in [0.25, 0.3) is 0 Å². The maximum atomic E-state index is 11.5. The molecule has 1 aliphatic carbocycles. The van der Waals surface area contributed by atoms with Gasteiger partial charge in [-0.05, 0) is 19.3 Å². The summed E-state index contributed by atoms with van der Waals surface area (Å²) >= 11 is 0. The highest BCUT2D eigenvalue weighted by atomic mass is 16.5. The summed E-state index contributed by atoms with van der Waals surface area (Å²) in [6, 6.07) is -0.514. The molecule has 1 saturated carbocycles. The van der Waals surface area contributed by atoms with Crippen LogP contribution in [0.2, 0.25) is 0 Å². The first-order chi connectivity index (χ1) is 6.72. The Bertz CT molecular complexity index is 344. The van der Waals surface area contributed by atoms with Crippen molar-refractivity contribution in [2.75, 3.05) is 0 Å². The van der Waals surface area contributed by atoms with Crippen molar-refractivity contribution in [2.45, 2.75) is 38.1 Å². The molecule has 2 N–H and O–H groups in total. The van der Waals surface area contributed by atoms with E-state index >= 15 is 0 Å². The fraction of sp³-hybridized carbons (Fsp3) is 0.667. The Morgan fingerprint density at radius 2 is 2.43 bits per heavy atom. The van der Waals surface area contributed by atoms with Gasteiger partial charge < -0.3 is 10.3 Å². The summed E-state index contributed by atoms with van der Waals surface area (Å²) in [6.07, 6.45) is 2.75. The zero-order valence-corrected chi connectivity index (χ0v) is 8.06. The van der Waals surface area contributed by atoms with E-state index in [-0.39, 0.29) is 11.6 Å². The van der Waals surface area contributed by atoms with Gasteiger partial charge >= 0.3 is 0 Å². The molecule has 0 amide bonds. The van der Waals surface area contributed by atoms with Crippen LogP contribution in [0.3, 0.4) is 0 Å². The molecule has 0 radical (unpaired) electrons. The van der Waals surface area contributed by atoms with Crippen molar-refractivity contribution in [3.8, 4) is 0 Å². The molecule has 5 nitrogen and oxygen atoms in total. The van der Waals surface area contributed by atoms with E-state index < -0.39 is 6.04 Å². The molecule has 2 rings (SSSR count). The fourth-order valence-electron chi connectivity index (χ4n) is 1.18. The molecule has 0 spiro atoms. The summed E-state index contributed by atoms with van der Waals surface area (Å²) in [5.41, 5.74) is 5.58. The lowest BCUT2D eigenvalue weighted by Gasteiger charge is -2.01. The molecule has 0 bridgehead atoms. The third-order valence-electron chi connectivity index (χ3n) is 2.37. The molecular weight excluding hydrogens is 182 g/mol.